The molecule has 0 saturated carbocycles. The summed E-state index contributed by atoms with van der Waals surface area (Å²) in [5.74, 6) is 1.93. The fourth-order valence-electron chi connectivity index (χ4n) is 1.44. The van der Waals surface area contributed by atoms with Crippen LogP contribution in [0.1, 0.15) is 6.42 Å². The maximum Gasteiger partial charge on any atom is 0.231 e. The molecule has 0 bridgehead atoms. The van der Waals surface area contributed by atoms with Crippen molar-refractivity contribution in [1.82, 2.24) is 5.32 Å². The first-order valence-electron chi connectivity index (χ1n) is 4.21. The van der Waals surface area contributed by atoms with E-state index in [1.54, 1.807) is 0 Å². The second-order valence-corrected chi connectivity index (χ2v) is 3.40. The number of nitrogens with one attached hydrogen (secondary N) is 1. The van der Waals surface area contributed by atoms with Gasteiger partial charge in [0, 0.05) is 13.0 Å². The highest BCUT2D eigenvalue weighted by molar-refractivity contribution is 7.80. The zero-order valence-corrected chi connectivity index (χ0v) is 8.19. The van der Waals surface area contributed by atoms with Gasteiger partial charge in [-0.15, -0.1) is 0 Å². The van der Waals surface area contributed by atoms with E-state index in [4.69, 9.17) is 21.7 Å². The van der Waals surface area contributed by atoms with Gasteiger partial charge in [0.05, 0.1) is 4.99 Å². The molecule has 0 radical (unpaired) electrons. The van der Waals surface area contributed by atoms with Crippen molar-refractivity contribution in [3.05, 3.63) is 23.7 Å². The Balaban J connectivity index is 2.14. The quantitative estimate of drug-likeness (QED) is 0.642. The topological polar surface area (TPSA) is 30.5 Å². The van der Waals surface area contributed by atoms with Crippen molar-refractivity contribution >= 4 is 17.2 Å². The van der Waals surface area contributed by atoms with E-state index in [0.29, 0.717) is 6.79 Å². The Kier molecular flexibility index (Phi) is 2.22. The smallest absolute Gasteiger partial charge is 0.231 e. The van der Waals surface area contributed by atoms with E-state index in [1.807, 2.05) is 19.2 Å². The lowest BCUT2D eigenvalue weighted by molar-refractivity contribution is 0.0977. The SMILES string of the molecule is CNC(=S)C1C=C2OCOC2=CC1. The Morgan fingerprint density at radius 3 is 3.08 bits per heavy atom. The number of thiocarbonyl (C=S) groups is 1. The van der Waals surface area contributed by atoms with Crippen LogP contribution in [0.4, 0.5) is 0 Å². The van der Waals surface area contributed by atoms with Gasteiger partial charge in [-0.05, 0) is 18.6 Å². The molecule has 1 aliphatic heterocycles. The van der Waals surface area contributed by atoms with Crippen molar-refractivity contribution in [3.8, 4) is 0 Å². The normalized spacial score (nSPS) is 24.8. The fraction of sp³-hybridized carbons (Fsp3) is 0.444. The maximum atomic E-state index is 5.26. The van der Waals surface area contributed by atoms with Gasteiger partial charge in [-0.3, -0.25) is 0 Å². The van der Waals surface area contributed by atoms with Crippen molar-refractivity contribution in [2.45, 2.75) is 6.42 Å². The van der Waals surface area contributed by atoms with Crippen molar-refractivity contribution < 1.29 is 9.47 Å². The molecule has 1 unspecified atom stereocenters. The Labute approximate surface area is 82.4 Å². The minimum Gasteiger partial charge on any atom is -0.454 e. The van der Waals surface area contributed by atoms with Crippen LogP contribution in [0, 0.1) is 5.92 Å². The standard InChI is InChI=1S/C9H11NO2S/c1-10-9(13)6-2-3-7-8(4-6)12-5-11-7/h3-4,6H,2,5H2,1H3,(H,10,13). The molecule has 3 nitrogen and oxygen atoms in total. The lowest BCUT2D eigenvalue weighted by atomic mass is 9.99. The van der Waals surface area contributed by atoms with E-state index in [9.17, 15) is 0 Å². The van der Waals surface area contributed by atoms with Crippen molar-refractivity contribution in [3.63, 3.8) is 0 Å². The van der Waals surface area contributed by atoms with Gasteiger partial charge in [-0.25, -0.2) is 0 Å². The fourth-order valence-corrected chi connectivity index (χ4v) is 1.61. The third kappa shape index (κ3) is 1.54. The molecule has 1 N–H and O–H groups in total. The van der Waals surface area contributed by atoms with E-state index in [1.165, 1.54) is 0 Å². The Morgan fingerprint density at radius 1 is 1.54 bits per heavy atom. The lowest BCUT2D eigenvalue weighted by Gasteiger charge is -2.15. The van der Waals surface area contributed by atoms with Crippen LogP contribution in [0.5, 0.6) is 0 Å². The van der Waals surface area contributed by atoms with Gasteiger partial charge in [-0.2, -0.15) is 0 Å². The molecule has 0 amide bonds. The molecular formula is C9H11NO2S. The summed E-state index contributed by atoms with van der Waals surface area (Å²) in [6, 6.07) is 0. The second-order valence-electron chi connectivity index (χ2n) is 2.96. The average molecular weight is 197 g/mol. The van der Waals surface area contributed by atoms with Crippen LogP contribution in [0.2, 0.25) is 0 Å². The molecule has 1 saturated heterocycles. The summed E-state index contributed by atoms with van der Waals surface area (Å²) in [7, 11) is 1.84. The summed E-state index contributed by atoms with van der Waals surface area (Å²) >= 11 is 5.15. The number of hydrogen-bond donors (Lipinski definition) is 1. The van der Waals surface area contributed by atoms with Gasteiger partial charge in [-0.1, -0.05) is 12.2 Å². The summed E-state index contributed by atoms with van der Waals surface area (Å²) in [5.41, 5.74) is 0. The number of hydrogen-bond acceptors (Lipinski definition) is 3. The molecule has 13 heavy (non-hydrogen) atoms. The van der Waals surface area contributed by atoms with Crippen molar-refractivity contribution in [2.24, 2.45) is 5.92 Å². The van der Waals surface area contributed by atoms with Crippen LogP contribution >= 0.6 is 12.2 Å². The average Bonchev–Trinajstić information content (AvgIpc) is 2.63. The molecule has 0 aromatic carbocycles. The molecule has 70 valence electrons. The van der Waals surface area contributed by atoms with Gasteiger partial charge in [0.25, 0.3) is 0 Å². The molecule has 4 heteroatoms. The first kappa shape index (κ1) is 8.56. The molecule has 0 aromatic rings. The van der Waals surface area contributed by atoms with Crippen LogP contribution in [0.15, 0.2) is 23.7 Å². The number of rotatable bonds is 1. The van der Waals surface area contributed by atoms with E-state index < -0.39 is 0 Å². The highest BCUT2D eigenvalue weighted by Crippen LogP contribution is 2.29. The zero-order chi connectivity index (χ0) is 9.26. The van der Waals surface area contributed by atoms with Crippen LogP contribution in [-0.4, -0.2) is 18.8 Å². The van der Waals surface area contributed by atoms with Crippen molar-refractivity contribution in [2.75, 3.05) is 13.8 Å². The summed E-state index contributed by atoms with van der Waals surface area (Å²) in [4.78, 5) is 0.846. The molecule has 2 rings (SSSR count). The minimum atomic E-state index is 0.250. The first-order valence-corrected chi connectivity index (χ1v) is 4.61. The predicted molar refractivity (Wildman–Crippen MR) is 53.0 cm³/mol. The summed E-state index contributed by atoms with van der Waals surface area (Å²) < 4.78 is 10.5. The monoisotopic (exact) mass is 197 g/mol. The third-order valence-corrected chi connectivity index (χ3v) is 2.67. The van der Waals surface area contributed by atoms with E-state index >= 15 is 0 Å². The Morgan fingerprint density at radius 2 is 2.31 bits per heavy atom. The van der Waals surface area contributed by atoms with Crippen LogP contribution in [0.25, 0.3) is 0 Å². The van der Waals surface area contributed by atoms with Gasteiger partial charge in [0.15, 0.2) is 11.5 Å². The Hall–Kier alpha value is -1.03. The van der Waals surface area contributed by atoms with E-state index in [0.717, 1.165) is 22.9 Å². The van der Waals surface area contributed by atoms with E-state index in [-0.39, 0.29) is 5.92 Å². The molecule has 1 aliphatic carbocycles. The number of fused-ring (bicyclic) bond motifs is 1. The largest absolute Gasteiger partial charge is 0.454 e. The third-order valence-electron chi connectivity index (χ3n) is 2.16. The molecule has 0 aromatic heterocycles. The van der Waals surface area contributed by atoms with Gasteiger partial charge in [0.1, 0.15) is 0 Å². The number of allylic oxidation sites excluding steroid dienone is 1. The molecule has 2 aliphatic rings. The van der Waals surface area contributed by atoms with Crippen molar-refractivity contribution in [1.29, 1.82) is 0 Å². The van der Waals surface area contributed by atoms with Gasteiger partial charge >= 0.3 is 0 Å². The summed E-state index contributed by atoms with van der Waals surface area (Å²) in [5, 5.41) is 2.98. The summed E-state index contributed by atoms with van der Waals surface area (Å²) in [6.45, 7) is 0.330. The molecular weight excluding hydrogens is 186 g/mol. The predicted octanol–water partition coefficient (Wildman–Crippen LogP) is 1.33. The molecule has 1 fully saturated rings. The molecule has 1 atom stereocenters. The highest BCUT2D eigenvalue weighted by Gasteiger charge is 2.24. The van der Waals surface area contributed by atoms with Crippen LogP contribution in [0.3, 0.4) is 0 Å². The van der Waals surface area contributed by atoms with Crippen LogP contribution in [-0.2, 0) is 9.47 Å². The molecule has 1 heterocycles. The zero-order valence-electron chi connectivity index (χ0n) is 7.37. The highest BCUT2D eigenvalue weighted by atomic mass is 32.1. The van der Waals surface area contributed by atoms with Gasteiger partial charge < -0.3 is 14.8 Å². The maximum absolute atomic E-state index is 5.26. The van der Waals surface area contributed by atoms with Gasteiger partial charge in [0.2, 0.25) is 6.79 Å². The van der Waals surface area contributed by atoms with E-state index in [2.05, 4.69) is 5.32 Å². The Bertz CT molecular complexity index is 296. The summed E-state index contributed by atoms with van der Waals surface area (Å²) in [6.07, 6.45) is 4.93. The first-order chi connectivity index (χ1) is 6.31. The number of ether oxygens (including phenoxy) is 2. The lowest BCUT2D eigenvalue weighted by Crippen LogP contribution is -2.25. The van der Waals surface area contributed by atoms with Crippen LogP contribution < -0.4 is 5.32 Å². The molecule has 0 spiro atoms. The minimum absolute atomic E-state index is 0.250. The second kappa shape index (κ2) is 3.38.